The van der Waals surface area contributed by atoms with Crippen molar-refractivity contribution in [2.75, 3.05) is 19.7 Å². The zero-order valence-electron chi connectivity index (χ0n) is 13.3. The number of aliphatic hydroxyl groups excluding tert-OH is 1. The lowest BCUT2D eigenvalue weighted by Gasteiger charge is -2.46. The van der Waals surface area contributed by atoms with Crippen LogP contribution < -0.4 is 0 Å². The van der Waals surface area contributed by atoms with Gasteiger partial charge in [0.05, 0.1) is 11.7 Å². The van der Waals surface area contributed by atoms with E-state index in [0.29, 0.717) is 13.1 Å². The Kier molecular flexibility index (Phi) is 4.50. The molecule has 1 spiro atoms. The Bertz CT molecular complexity index is 518. The standard InChI is InChI=1S/C18H25NO3/c1-2-14-5-7-15(8-6-14)17(21)19-11-9-18(10-12-19)16(20)4-3-13-22-18/h5-8,16,20H,2-4,9-13H2,1H3/t16-/m1/s1. The maximum absolute atomic E-state index is 12.6. The minimum atomic E-state index is -0.416. The van der Waals surface area contributed by atoms with Crippen molar-refractivity contribution in [2.45, 2.75) is 50.7 Å². The highest BCUT2D eigenvalue weighted by atomic mass is 16.5. The summed E-state index contributed by atoms with van der Waals surface area (Å²) in [7, 11) is 0. The molecule has 0 radical (unpaired) electrons. The third-order valence-electron chi connectivity index (χ3n) is 5.12. The van der Waals surface area contributed by atoms with E-state index in [4.69, 9.17) is 4.74 Å². The van der Waals surface area contributed by atoms with Crippen LogP contribution in [0, 0.1) is 0 Å². The van der Waals surface area contributed by atoms with E-state index in [0.717, 1.165) is 44.3 Å². The van der Waals surface area contributed by atoms with E-state index in [1.165, 1.54) is 5.56 Å². The second kappa shape index (κ2) is 6.39. The maximum Gasteiger partial charge on any atom is 0.253 e. The molecule has 1 aromatic rings. The van der Waals surface area contributed by atoms with Crippen LogP contribution in [0.5, 0.6) is 0 Å². The Morgan fingerprint density at radius 3 is 2.59 bits per heavy atom. The number of hydrogen-bond acceptors (Lipinski definition) is 3. The van der Waals surface area contributed by atoms with E-state index >= 15 is 0 Å². The summed E-state index contributed by atoms with van der Waals surface area (Å²) in [6, 6.07) is 7.87. The predicted octanol–water partition coefficient (Wildman–Crippen LogP) is 2.40. The van der Waals surface area contributed by atoms with E-state index in [9.17, 15) is 9.90 Å². The fourth-order valence-electron chi connectivity index (χ4n) is 3.54. The lowest BCUT2D eigenvalue weighted by molar-refractivity contribution is -0.174. The summed E-state index contributed by atoms with van der Waals surface area (Å²) in [5, 5.41) is 10.3. The minimum Gasteiger partial charge on any atom is -0.390 e. The average molecular weight is 303 g/mol. The number of hydrogen-bond donors (Lipinski definition) is 1. The number of ether oxygens (including phenoxy) is 1. The third kappa shape index (κ3) is 2.90. The summed E-state index contributed by atoms with van der Waals surface area (Å²) < 4.78 is 5.89. The van der Waals surface area contributed by atoms with Gasteiger partial charge in [-0.05, 0) is 49.8 Å². The summed E-state index contributed by atoms with van der Waals surface area (Å²) in [5.74, 6) is 0.0859. The molecule has 0 aromatic heterocycles. The van der Waals surface area contributed by atoms with E-state index in [-0.39, 0.29) is 12.0 Å². The summed E-state index contributed by atoms with van der Waals surface area (Å²) in [4.78, 5) is 14.5. The minimum absolute atomic E-state index is 0.0859. The van der Waals surface area contributed by atoms with Crippen molar-refractivity contribution in [3.05, 3.63) is 35.4 Å². The molecule has 0 saturated carbocycles. The Morgan fingerprint density at radius 1 is 1.32 bits per heavy atom. The number of piperidine rings is 1. The SMILES string of the molecule is CCc1ccc(C(=O)N2CCC3(CC2)OCCC[C@H]3O)cc1. The van der Waals surface area contributed by atoms with Gasteiger partial charge in [-0.15, -0.1) is 0 Å². The highest BCUT2D eigenvalue weighted by molar-refractivity contribution is 5.94. The van der Waals surface area contributed by atoms with E-state index in [1.807, 2.05) is 29.2 Å². The molecule has 3 rings (SSSR count). The number of aliphatic hydroxyl groups is 1. The Morgan fingerprint density at radius 2 is 2.00 bits per heavy atom. The van der Waals surface area contributed by atoms with E-state index < -0.39 is 5.60 Å². The van der Waals surface area contributed by atoms with Crippen molar-refractivity contribution in [1.82, 2.24) is 4.90 Å². The van der Waals surface area contributed by atoms with Gasteiger partial charge in [0.15, 0.2) is 0 Å². The van der Waals surface area contributed by atoms with Gasteiger partial charge in [-0.25, -0.2) is 0 Å². The molecule has 2 aliphatic heterocycles. The van der Waals surface area contributed by atoms with Gasteiger partial charge in [0.25, 0.3) is 5.91 Å². The lowest BCUT2D eigenvalue weighted by atomic mass is 9.82. The Hall–Kier alpha value is -1.39. The van der Waals surface area contributed by atoms with Crippen LogP contribution >= 0.6 is 0 Å². The molecule has 0 bridgehead atoms. The quantitative estimate of drug-likeness (QED) is 0.912. The number of rotatable bonds is 2. The van der Waals surface area contributed by atoms with Crippen molar-refractivity contribution in [2.24, 2.45) is 0 Å². The van der Waals surface area contributed by atoms with Gasteiger partial charge in [-0.3, -0.25) is 4.79 Å². The summed E-state index contributed by atoms with van der Waals surface area (Å²) >= 11 is 0. The molecule has 1 amide bonds. The highest BCUT2D eigenvalue weighted by Crippen LogP contribution is 2.35. The van der Waals surface area contributed by atoms with Crippen molar-refractivity contribution < 1.29 is 14.6 Å². The van der Waals surface area contributed by atoms with Gasteiger partial charge in [0.2, 0.25) is 0 Å². The van der Waals surface area contributed by atoms with Crippen LogP contribution in [0.4, 0.5) is 0 Å². The van der Waals surface area contributed by atoms with Crippen LogP contribution in [-0.4, -0.2) is 47.3 Å². The molecule has 22 heavy (non-hydrogen) atoms. The number of aryl methyl sites for hydroxylation is 1. The molecular weight excluding hydrogens is 278 g/mol. The van der Waals surface area contributed by atoms with Gasteiger partial charge in [0, 0.05) is 25.3 Å². The number of benzene rings is 1. The van der Waals surface area contributed by atoms with Gasteiger partial charge in [-0.2, -0.15) is 0 Å². The first-order valence-electron chi connectivity index (χ1n) is 8.35. The number of carbonyl (C=O) groups excluding carboxylic acids is 1. The maximum atomic E-state index is 12.6. The number of nitrogens with zero attached hydrogens (tertiary/aromatic N) is 1. The molecule has 2 fully saturated rings. The molecule has 2 heterocycles. The predicted molar refractivity (Wildman–Crippen MR) is 84.9 cm³/mol. The second-order valence-corrected chi connectivity index (χ2v) is 6.41. The molecule has 1 N–H and O–H groups in total. The molecule has 4 heteroatoms. The van der Waals surface area contributed by atoms with Crippen LogP contribution in [0.3, 0.4) is 0 Å². The first-order valence-corrected chi connectivity index (χ1v) is 8.35. The van der Waals surface area contributed by atoms with Crippen molar-refractivity contribution in [3.63, 3.8) is 0 Å². The number of likely N-dealkylation sites (tertiary alicyclic amines) is 1. The van der Waals surface area contributed by atoms with Crippen molar-refractivity contribution in [3.8, 4) is 0 Å². The van der Waals surface area contributed by atoms with E-state index in [2.05, 4.69) is 6.92 Å². The van der Waals surface area contributed by atoms with Crippen LogP contribution in [0.1, 0.15) is 48.5 Å². The number of amides is 1. The third-order valence-corrected chi connectivity index (χ3v) is 5.12. The van der Waals surface area contributed by atoms with Gasteiger partial charge >= 0.3 is 0 Å². The van der Waals surface area contributed by atoms with Crippen molar-refractivity contribution in [1.29, 1.82) is 0 Å². The molecule has 2 saturated heterocycles. The number of carbonyl (C=O) groups is 1. The highest BCUT2D eigenvalue weighted by Gasteiger charge is 2.44. The summed E-state index contributed by atoms with van der Waals surface area (Å²) in [6.45, 7) is 4.15. The molecular formula is C18H25NO3. The monoisotopic (exact) mass is 303 g/mol. The Labute approximate surface area is 132 Å². The molecule has 4 nitrogen and oxygen atoms in total. The average Bonchev–Trinajstić information content (AvgIpc) is 2.58. The Balaban J connectivity index is 1.64. The first-order chi connectivity index (χ1) is 10.6. The van der Waals surface area contributed by atoms with Gasteiger partial charge < -0.3 is 14.7 Å². The zero-order chi connectivity index (χ0) is 15.6. The molecule has 0 unspecified atom stereocenters. The molecule has 0 aliphatic carbocycles. The van der Waals surface area contributed by atoms with Crippen LogP contribution in [0.25, 0.3) is 0 Å². The van der Waals surface area contributed by atoms with Gasteiger partial charge in [0.1, 0.15) is 0 Å². The van der Waals surface area contributed by atoms with Crippen LogP contribution in [-0.2, 0) is 11.2 Å². The summed E-state index contributed by atoms with van der Waals surface area (Å²) in [6.07, 6.45) is 3.79. The smallest absolute Gasteiger partial charge is 0.253 e. The largest absolute Gasteiger partial charge is 0.390 e. The molecule has 1 atom stereocenters. The first kappa shape index (κ1) is 15.5. The molecule has 120 valence electrons. The zero-order valence-corrected chi connectivity index (χ0v) is 13.3. The summed E-state index contributed by atoms with van der Waals surface area (Å²) in [5.41, 5.74) is 1.58. The lowest BCUT2D eigenvalue weighted by Crippen LogP contribution is -2.56. The van der Waals surface area contributed by atoms with Crippen LogP contribution in [0.15, 0.2) is 24.3 Å². The molecule has 2 aliphatic rings. The fourth-order valence-corrected chi connectivity index (χ4v) is 3.54. The van der Waals surface area contributed by atoms with Crippen LogP contribution in [0.2, 0.25) is 0 Å². The van der Waals surface area contributed by atoms with Crippen molar-refractivity contribution >= 4 is 5.91 Å². The topological polar surface area (TPSA) is 49.8 Å². The van der Waals surface area contributed by atoms with Gasteiger partial charge in [-0.1, -0.05) is 19.1 Å². The normalized spacial score (nSPS) is 24.5. The fraction of sp³-hybridized carbons (Fsp3) is 0.611. The molecule has 1 aromatic carbocycles. The second-order valence-electron chi connectivity index (χ2n) is 6.41. The van der Waals surface area contributed by atoms with E-state index in [1.54, 1.807) is 0 Å².